The first-order valence-electron chi connectivity index (χ1n) is 13.1. The van der Waals surface area contributed by atoms with Crippen molar-refractivity contribution >= 4 is 21.8 Å². The van der Waals surface area contributed by atoms with Gasteiger partial charge in [-0.2, -0.15) is 0 Å². The van der Waals surface area contributed by atoms with Crippen molar-refractivity contribution in [2.45, 2.75) is 57.0 Å². The molecule has 0 aliphatic carbocycles. The summed E-state index contributed by atoms with van der Waals surface area (Å²) >= 11 is 0. The van der Waals surface area contributed by atoms with Gasteiger partial charge in [0.25, 0.3) is 0 Å². The Hall–Kier alpha value is -3.49. The van der Waals surface area contributed by atoms with Crippen LogP contribution in [0.25, 0.3) is 0 Å². The molecular formula is C30H37N3O4S. The second-order valence-corrected chi connectivity index (χ2v) is 10.9. The van der Waals surface area contributed by atoms with Gasteiger partial charge in [0, 0.05) is 32.5 Å². The van der Waals surface area contributed by atoms with Crippen LogP contribution in [0, 0.1) is 0 Å². The van der Waals surface area contributed by atoms with Crippen LogP contribution < -0.4 is 10.0 Å². The first kappa shape index (κ1) is 29.1. The van der Waals surface area contributed by atoms with Crippen molar-refractivity contribution in [3.05, 3.63) is 102 Å². The van der Waals surface area contributed by atoms with E-state index in [2.05, 4.69) is 10.0 Å². The Morgan fingerprint density at radius 1 is 0.816 bits per heavy atom. The lowest BCUT2D eigenvalue weighted by Crippen LogP contribution is -2.50. The van der Waals surface area contributed by atoms with Crippen LogP contribution in [0.15, 0.2) is 89.8 Å². The number of aryl methyl sites for hydroxylation is 1. The average molecular weight is 536 g/mol. The van der Waals surface area contributed by atoms with E-state index in [-0.39, 0.29) is 23.1 Å². The molecule has 0 heterocycles. The standard InChI is InChI=1S/C30H37N3O4S/c1-3-21-31-30(35)28(22-25-11-7-5-8-12-25)33(23-26-13-9-6-10-14-26)29(34)20-17-24-15-18-27(19-16-24)38(36,37)32-4-2/h5-16,18-19,28,32H,3-4,17,20-23H2,1-2H3,(H,31,35). The predicted molar refractivity (Wildman–Crippen MR) is 150 cm³/mol. The van der Waals surface area contributed by atoms with E-state index < -0.39 is 16.1 Å². The number of hydrogen-bond donors (Lipinski definition) is 2. The summed E-state index contributed by atoms with van der Waals surface area (Å²) in [6.07, 6.45) is 1.83. The molecule has 0 saturated heterocycles. The number of carbonyl (C=O) groups excluding carboxylic acids is 2. The van der Waals surface area contributed by atoms with E-state index in [1.807, 2.05) is 67.6 Å². The molecule has 8 heteroatoms. The smallest absolute Gasteiger partial charge is 0.243 e. The molecule has 1 atom stereocenters. The maximum absolute atomic E-state index is 13.7. The lowest BCUT2D eigenvalue weighted by atomic mass is 10.0. The molecule has 0 spiro atoms. The van der Waals surface area contributed by atoms with E-state index in [0.717, 1.165) is 23.1 Å². The quantitative estimate of drug-likeness (QED) is 0.325. The molecule has 3 rings (SSSR count). The predicted octanol–water partition coefficient (Wildman–Crippen LogP) is 4.08. The lowest BCUT2D eigenvalue weighted by molar-refractivity contribution is -0.141. The van der Waals surface area contributed by atoms with Crippen molar-refractivity contribution < 1.29 is 18.0 Å². The largest absolute Gasteiger partial charge is 0.354 e. The van der Waals surface area contributed by atoms with Crippen LogP contribution in [0.3, 0.4) is 0 Å². The lowest BCUT2D eigenvalue weighted by Gasteiger charge is -2.31. The van der Waals surface area contributed by atoms with Crippen LogP contribution in [0.4, 0.5) is 0 Å². The van der Waals surface area contributed by atoms with Gasteiger partial charge in [-0.25, -0.2) is 13.1 Å². The summed E-state index contributed by atoms with van der Waals surface area (Å²) in [6.45, 7) is 4.89. The van der Waals surface area contributed by atoms with Crippen LogP contribution >= 0.6 is 0 Å². The third kappa shape index (κ3) is 8.53. The Balaban J connectivity index is 1.83. The molecule has 3 aromatic rings. The molecule has 38 heavy (non-hydrogen) atoms. The summed E-state index contributed by atoms with van der Waals surface area (Å²) in [5.41, 5.74) is 2.77. The second-order valence-electron chi connectivity index (χ2n) is 9.15. The highest BCUT2D eigenvalue weighted by Gasteiger charge is 2.30. The number of amides is 2. The minimum atomic E-state index is -3.53. The summed E-state index contributed by atoms with van der Waals surface area (Å²) in [7, 11) is -3.53. The van der Waals surface area contributed by atoms with Crippen LogP contribution in [-0.4, -0.2) is 44.3 Å². The highest BCUT2D eigenvalue weighted by atomic mass is 32.2. The zero-order valence-corrected chi connectivity index (χ0v) is 22.9. The maximum atomic E-state index is 13.7. The van der Waals surface area contributed by atoms with Crippen molar-refractivity contribution in [3.63, 3.8) is 0 Å². The summed E-state index contributed by atoms with van der Waals surface area (Å²) < 4.78 is 26.9. The van der Waals surface area contributed by atoms with Gasteiger partial charge in [0.05, 0.1) is 4.90 Å². The van der Waals surface area contributed by atoms with E-state index in [1.54, 1.807) is 36.1 Å². The molecule has 0 fully saturated rings. The Bertz CT molecular complexity index is 1260. The molecular weight excluding hydrogens is 498 g/mol. The molecule has 0 saturated carbocycles. The number of benzene rings is 3. The molecule has 0 bridgehead atoms. The van der Waals surface area contributed by atoms with Gasteiger partial charge in [-0.3, -0.25) is 9.59 Å². The molecule has 0 aromatic heterocycles. The van der Waals surface area contributed by atoms with Gasteiger partial charge in [-0.1, -0.05) is 86.6 Å². The second kappa shape index (κ2) is 14.4. The van der Waals surface area contributed by atoms with Gasteiger partial charge in [0.2, 0.25) is 21.8 Å². The molecule has 2 amide bonds. The van der Waals surface area contributed by atoms with E-state index in [4.69, 9.17) is 0 Å². The summed E-state index contributed by atoms with van der Waals surface area (Å²) in [5.74, 6) is -0.302. The van der Waals surface area contributed by atoms with E-state index in [0.29, 0.717) is 32.5 Å². The first-order chi connectivity index (χ1) is 18.3. The van der Waals surface area contributed by atoms with Crippen molar-refractivity contribution in [1.82, 2.24) is 14.9 Å². The summed E-state index contributed by atoms with van der Waals surface area (Å²) in [4.78, 5) is 28.9. The van der Waals surface area contributed by atoms with E-state index >= 15 is 0 Å². The number of hydrogen-bond acceptors (Lipinski definition) is 4. The van der Waals surface area contributed by atoms with Gasteiger partial charge in [-0.05, 0) is 41.7 Å². The van der Waals surface area contributed by atoms with Crippen LogP contribution in [0.1, 0.15) is 43.4 Å². The molecule has 3 aromatic carbocycles. The molecule has 0 aliphatic heterocycles. The Labute approximate surface area is 226 Å². The third-order valence-electron chi connectivity index (χ3n) is 6.21. The van der Waals surface area contributed by atoms with Crippen molar-refractivity contribution in [2.24, 2.45) is 0 Å². The third-order valence-corrected chi connectivity index (χ3v) is 7.77. The van der Waals surface area contributed by atoms with E-state index in [1.165, 1.54) is 0 Å². The van der Waals surface area contributed by atoms with Crippen LogP contribution in [0.2, 0.25) is 0 Å². The monoisotopic (exact) mass is 535 g/mol. The van der Waals surface area contributed by atoms with Gasteiger partial charge < -0.3 is 10.2 Å². The van der Waals surface area contributed by atoms with Crippen molar-refractivity contribution in [3.8, 4) is 0 Å². The molecule has 202 valence electrons. The molecule has 2 N–H and O–H groups in total. The number of rotatable bonds is 14. The topological polar surface area (TPSA) is 95.6 Å². The normalized spacial score (nSPS) is 12.1. The van der Waals surface area contributed by atoms with E-state index in [9.17, 15) is 18.0 Å². The zero-order valence-electron chi connectivity index (χ0n) is 22.1. The zero-order chi connectivity index (χ0) is 27.4. The Kier molecular flexibility index (Phi) is 11.1. The SMILES string of the molecule is CCCNC(=O)C(Cc1ccccc1)N(Cc1ccccc1)C(=O)CCc1ccc(S(=O)(=O)NCC)cc1. The van der Waals surface area contributed by atoms with Crippen LogP contribution in [0.5, 0.6) is 0 Å². The molecule has 0 radical (unpaired) electrons. The van der Waals surface area contributed by atoms with Crippen molar-refractivity contribution in [1.29, 1.82) is 0 Å². The number of nitrogens with one attached hydrogen (secondary N) is 2. The van der Waals surface area contributed by atoms with Gasteiger partial charge in [0.15, 0.2) is 0 Å². The minimum Gasteiger partial charge on any atom is -0.354 e. The summed E-state index contributed by atoms with van der Waals surface area (Å²) in [6, 6.07) is 25.3. The van der Waals surface area contributed by atoms with Gasteiger partial charge in [0.1, 0.15) is 6.04 Å². The van der Waals surface area contributed by atoms with Crippen molar-refractivity contribution in [2.75, 3.05) is 13.1 Å². The Morgan fingerprint density at radius 2 is 1.42 bits per heavy atom. The Morgan fingerprint density at radius 3 is 2.00 bits per heavy atom. The van der Waals surface area contributed by atoms with Gasteiger partial charge >= 0.3 is 0 Å². The molecule has 1 unspecified atom stereocenters. The summed E-state index contributed by atoms with van der Waals surface area (Å²) in [5, 5.41) is 2.98. The van der Waals surface area contributed by atoms with Crippen LogP contribution in [-0.2, 0) is 39.0 Å². The average Bonchev–Trinajstić information content (AvgIpc) is 2.93. The molecule has 0 aliphatic rings. The molecule has 7 nitrogen and oxygen atoms in total. The maximum Gasteiger partial charge on any atom is 0.243 e. The number of sulfonamides is 1. The minimum absolute atomic E-state index is 0.134. The first-order valence-corrected chi connectivity index (χ1v) is 14.6. The fourth-order valence-electron chi connectivity index (χ4n) is 4.20. The fourth-order valence-corrected chi connectivity index (χ4v) is 5.24. The fraction of sp³-hybridized carbons (Fsp3) is 0.333. The number of nitrogens with zero attached hydrogens (tertiary/aromatic N) is 1. The van der Waals surface area contributed by atoms with Gasteiger partial charge in [-0.15, -0.1) is 0 Å². The highest BCUT2D eigenvalue weighted by Crippen LogP contribution is 2.18. The number of carbonyl (C=O) groups is 2. The highest BCUT2D eigenvalue weighted by molar-refractivity contribution is 7.89.